The van der Waals surface area contributed by atoms with Gasteiger partial charge in [0.05, 0.1) is 5.56 Å². The van der Waals surface area contributed by atoms with Crippen LogP contribution < -0.4 is 0 Å². The van der Waals surface area contributed by atoms with E-state index >= 15 is 0 Å². The van der Waals surface area contributed by atoms with Gasteiger partial charge in [-0.25, -0.2) is 9.97 Å². The molecule has 0 radical (unpaired) electrons. The number of nitrogens with zero attached hydrogens (tertiary/aromatic N) is 6. The second-order valence-electron chi connectivity index (χ2n) is 7.19. The molecule has 8 heteroatoms. The summed E-state index contributed by atoms with van der Waals surface area (Å²) in [7, 11) is 0. The summed E-state index contributed by atoms with van der Waals surface area (Å²) in [6.07, 6.45) is 6.57. The first-order valence-corrected chi connectivity index (χ1v) is 9.90. The zero-order valence-corrected chi connectivity index (χ0v) is 16.5. The Labute approximate surface area is 173 Å². The summed E-state index contributed by atoms with van der Waals surface area (Å²) in [5.41, 5.74) is 3.66. The van der Waals surface area contributed by atoms with Crippen molar-refractivity contribution in [2.75, 3.05) is 6.54 Å². The van der Waals surface area contributed by atoms with E-state index in [4.69, 9.17) is 4.52 Å². The van der Waals surface area contributed by atoms with Crippen molar-refractivity contribution in [1.29, 1.82) is 0 Å². The van der Waals surface area contributed by atoms with E-state index in [0.717, 1.165) is 12.0 Å². The lowest BCUT2D eigenvalue weighted by Gasteiger charge is -2.28. The minimum Gasteiger partial charge on any atom is -0.334 e. The first kappa shape index (κ1) is 18.2. The Morgan fingerprint density at radius 2 is 2.00 bits per heavy atom. The molecule has 1 amide bonds. The number of carbonyl (C=O) groups is 1. The van der Waals surface area contributed by atoms with Crippen LogP contribution in [-0.4, -0.2) is 42.0 Å². The van der Waals surface area contributed by atoms with E-state index in [1.165, 1.54) is 11.1 Å². The van der Waals surface area contributed by atoms with E-state index in [0.29, 0.717) is 42.7 Å². The molecule has 1 aliphatic rings. The number of aryl methyl sites for hydroxylation is 1. The van der Waals surface area contributed by atoms with Gasteiger partial charge in [-0.15, -0.1) is 0 Å². The van der Waals surface area contributed by atoms with Crippen LogP contribution in [-0.2, 0) is 19.4 Å². The number of imidazole rings is 1. The van der Waals surface area contributed by atoms with Gasteiger partial charge in [0.15, 0.2) is 5.82 Å². The maximum atomic E-state index is 12.9. The van der Waals surface area contributed by atoms with Crippen LogP contribution >= 0.6 is 0 Å². The van der Waals surface area contributed by atoms with Crippen LogP contribution in [0.1, 0.15) is 34.4 Å². The third-order valence-electron chi connectivity index (χ3n) is 5.26. The molecule has 0 aliphatic carbocycles. The fourth-order valence-corrected chi connectivity index (χ4v) is 3.57. The summed E-state index contributed by atoms with van der Waals surface area (Å²) in [4.78, 5) is 27.8. The fourth-order valence-electron chi connectivity index (χ4n) is 3.57. The topological polar surface area (TPSA) is 89.9 Å². The molecule has 1 aliphatic heterocycles. The van der Waals surface area contributed by atoms with Crippen molar-refractivity contribution >= 4 is 5.91 Å². The lowest BCUT2D eigenvalue weighted by atomic mass is 10.00. The molecule has 0 unspecified atom stereocenters. The maximum Gasteiger partial charge on any atom is 0.274 e. The van der Waals surface area contributed by atoms with E-state index in [-0.39, 0.29) is 5.91 Å². The van der Waals surface area contributed by atoms with Gasteiger partial charge in [-0.3, -0.25) is 9.36 Å². The molecular formula is C22H20N6O2. The predicted molar refractivity (Wildman–Crippen MR) is 109 cm³/mol. The Hall–Kier alpha value is -3.81. The number of benzene rings is 1. The third kappa shape index (κ3) is 3.36. The molecule has 4 aromatic rings. The summed E-state index contributed by atoms with van der Waals surface area (Å²) in [6, 6.07) is 11.9. The van der Waals surface area contributed by atoms with E-state index in [9.17, 15) is 4.79 Å². The normalized spacial score (nSPS) is 13.3. The second kappa shape index (κ2) is 7.55. The highest BCUT2D eigenvalue weighted by molar-refractivity contribution is 5.92. The molecule has 30 heavy (non-hydrogen) atoms. The fraction of sp³-hybridized carbons (Fsp3) is 0.227. The van der Waals surface area contributed by atoms with Gasteiger partial charge in [-0.1, -0.05) is 36.3 Å². The van der Waals surface area contributed by atoms with Gasteiger partial charge in [0.25, 0.3) is 11.8 Å². The number of carbonyl (C=O) groups excluding carboxylic acids is 1. The molecule has 0 atom stereocenters. The Kier molecular flexibility index (Phi) is 4.59. The molecule has 8 nitrogen and oxygen atoms in total. The van der Waals surface area contributed by atoms with Crippen LogP contribution in [0.25, 0.3) is 17.3 Å². The zero-order valence-electron chi connectivity index (χ0n) is 16.5. The molecule has 3 aromatic heterocycles. The summed E-state index contributed by atoms with van der Waals surface area (Å²) in [5, 5.41) is 3.90. The Balaban J connectivity index is 1.32. The minimum atomic E-state index is -0.0715. The zero-order chi connectivity index (χ0) is 20.5. The summed E-state index contributed by atoms with van der Waals surface area (Å²) in [5.74, 6) is 1.69. The Morgan fingerprint density at radius 3 is 2.77 bits per heavy atom. The van der Waals surface area contributed by atoms with Crippen molar-refractivity contribution in [3.63, 3.8) is 0 Å². The van der Waals surface area contributed by atoms with Gasteiger partial charge in [-0.2, -0.15) is 4.98 Å². The van der Waals surface area contributed by atoms with Crippen LogP contribution in [0.5, 0.6) is 0 Å². The standard InChI is InChI=1S/C22H20N6O2/c1-2-19-25-21(30-26-19)16-7-8-20(23-11-16)28-13-18(24-14-28)22(29)27-10-9-15-5-3-4-6-17(15)12-27/h3-8,11,13-14H,2,9-10,12H2,1H3. The smallest absolute Gasteiger partial charge is 0.274 e. The molecule has 0 spiro atoms. The van der Waals surface area contributed by atoms with Crippen LogP contribution in [0.3, 0.4) is 0 Å². The number of aromatic nitrogens is 5. The molecule has 0 bridgehead atoms. The van der Waals surface area contributed by atoms with E-state index in [2.05, 4.69) is 32.2 Å². The molecule has 0 saturated carbocycles. The largest absolute Gasteiger partial charge is 0.334 e. The van der Waals surface area contributed by atoms with Gasteiger partial charge in [0.2, 0.25) is 0 Å². The van der Waals surface area contributed by atoms with Crippen molar-refractivity contribution in [2.45, 2.75) is 26.3 Å². The van der Waals surface area contributed by atoms with Crippen molar-refractivity contribution in [3.8, 4) is 17.3 Å². The Morgan fingerprint density at radius 1 is 1.13 bits per heavy atom. The van der Waals surface area contributed by atoms with Crippen molar-refractivity contribution in [3.05, 3.63) is 77.8 Å². The molecule has 150 valence electrons. The monoisotopic (exact) mass is 400 g/mol. The number of hydrogen-bond donors (Lipinski definition) is 0. The average Bonchev–Trinajstić information content (AvgIpc) is 3.48. The quantitative estimate of drug-likeness (QED) is 0.523. The van der Waals surface area contributed by atoms with E-state index in [1.807, 2.05) is 36.1 Å². The minimum absolute atomic E-state index is 0.0715. The molecule has 0 N–H and O–H groups in total. The Bertz CT molecular complexity index is 1190. The number of fused-ring (bicyclic) bond motifs is 1. The maximum absolute atomic E-state index is 12.9. The lowest BCUT2D eigenvalue weighted by molar-refractivity contribution is 0.0729. The SMILES string of the molecule is CCc1noc(-c2ccc(-n3cnc(C(=O)N4CCc5ccccc5C4)c3)nc2)n1. The number of rotatable bonds is 4. The molecular weight excluding hydrogens is 380 g/mol. The molecule has 0 fully saturated rings. The van der Waals surface area contributed by atoms with Crippen molar-refractivity contribution in [2.24, 2.45) is 0 Å². The van der Waals surface area contributed by atoms with E-state index in [1.54, 1.807) is 23.3 Å². The highest BCUT2D eigenvalue weighted by Gasteiger charge is 2.23. The van der Waals surface area contributed by atoms with Gasteiger partial charge in [-0.05, 0) is 29.7 Å². The van der Waals surface area contributed by atoms with Crippen molar-refractivity contribution in [1.82, 2.24) is 29.6 Å². The van der Waals surface area contributed by atoms with Crippen LogP contribution in [0.4, 0.5) is 0 Å². The van der Waals surface area contributed by atoms with Gasteiger partial charge in [0.1, 0.15) is 17.8 Å². The van der Waals surface area contributed by atoms with Gasteiger partial charge in [0, 0.05) is 31.9 Å². The molecule has 1 aromatic carbocycles. The van der Waals surface area contributed by atoms with Crippen LogP contribution in [0, 0.1) is 0 Å². The first-order chi connectivity index (χ1) is 14.7. The molecule has 5 rings (SSSR count). The van der Waals surface area contributed by atoms with Gasteiger partial charge < -0.3 is 9.42 Å². The molecule has 4 heterocycles. The number of hydrogen-bond acceptors (Lipinski definition) is 6. The number of pyridine rings is 1. The van der Waals surface area contributed by atoms with Crippen molar-refractivity contribution < 1.29 is 9.32 Å². The predicted octanol–water partition coefficient (Wildman–Crippen LogP) is 3.08. The highest BCUT2D eigenvalue weighted by atomic mass is 16.5. The summed E-state index contributed by atoms with van der Waals surface area (Å²) >= 11 is 0. The highest BCUT2D eigenvalue weighted by Crippen LogP contribution is 2.21. The number of amides is 1. The third-order valence-corrected chi connectivity index (χ3v) is 5.26. The molecule has 0 saturated heterocycles. The van der Waals surface area contributed by atoms with E-state index < -0.39 is 0 Å². The van der Waals surface area contributed by atoms with Gasteiger partial charge >= 0.3 is 0 Å². The summed E-state index contributed by atoms with van der Waals surface area (Å²) in [6.45, 7) is 3.27. The lowest BCUT2D eigenvalue weighted by Crippen LogP contribution is -2.36. The van der Waals surface area contributed by atoms with Crippen LogP contribution in [0.15, 0.2) is 59.6 Å². The first-order valence-electron chi connectivity index (χ1n) is 9.90. The summed E-state index contributed by atoms with van der Waals surface area (Å²) < 4.78 is 6.98. The second-order valence-corrected chi connectivity index (χ2v) is 7.19. The van der Waals surface area contributed by atoms with Crippen LogP contribution in [0.2, 0.25) is 0 Å². The average molecular weight is 400 g/mol.